The van der Waals surface area contributed by atoms with Crippen LogP contribution in [0.1, 0.15) is 63.6 Å². The van der Waals surface area contributed by atoms with Crippen LogP contribution < -0.4 is 16.4 Å². The molecular formula is C32H43Cl2FN6O3. The fourth-order valence-electron chi connectivity index (χ4n) is 5.01. The van der Waals surface area contributed by atoms with E-state index < -0.39 is 35.3 Å². The first-order valence-electron chi connectivity index (χ1n) is 14.5. The second-order valence-corrected chi connectivity index (χ2v) is 11.8. The molecule has 44 heavy (non-hydrogen) atoms. The van der Waals surface area contributed by atoms with Crippen molar-refractivity contribution in [1.29, 1.82) is 0 Å². The maximum Gasteiger partial charge on any atom is 0.250 e. The fraction of sp³-hybridized carbons (Fsp3) is 0.438. The van der Waals surface area contributed by atoms with Crippen LogP contribution in [0, 0.1) is 11.7 Å². The molecule has 0 radical (unpaired) electrons. The second-order valence-electron chi connectivity index (χ2n) is 11.8. The van der Waals surface area contributed by atoms with Gasteiger partial charge in [-0.1, -0.05) is 49.4 Å². The molecule has 0 bridgehead atoms. The smallest absolute Gasteiger partial charge is 0.250 e. The standard InChI is InChI=1S/C32H41FN6O3.2ClH/c1-22-16-18-38(19-17-22)30(41)28(24-12-14-25(33)15-13-24)39-20-27(35-21-39)37-29(40)26(36-31(42)32(2,3)34)11-7-10-23-8-5-4-6-9-23;;/h4-6,8-9,12-15,20-22,26,28H,7,10-11,16-19,34H2,1-3H3,(H,36,42)(H,37,40);2*1H/t26-,28?;;/m1../s1. The lowest BCUT2D eigenvalue weighted by Crippen LogP contribution is -2.54. The van der Waals surface area contributed by atoms with E-state index in [1.165, 1.54) is 18.5 Å². The molecule has 0 aliphatic carbocycles. The van der Waals surface area contributed by atoms with Gasteiger partial charge in [0.05, 0.1) is 11.9 Å². The molecular weight excluding hydrogens is 606 g/mol. The SMILES string of the molecule is CC1CCN(C(=O)C(c2ccc(F)cc2)n2cnc(NC(=O)[C@@H](CCCc3ccccc3)NC(=O)C(C)(C)N)c2)CC1.Cl.Cl. The number of piperidine rings is 1. The van der Waals surface area contributed by atoms with Gasteiger partial charge in [-0.3, -0.25) is 14.4 Å². The van der Waals surface area contributed by atoms with Gasteiger partial charge in [0.15, 0.2) is 5.82 Å². The quantitative estimate of drug-likeness (QED) is 0.273. The molecule has 1 aliphatic heterocycles. The van der Waals surface area contributed by atoms with Crippen molar-refractivity contribution in [1.82, 2.24) is 19.8 Å². The largest absolute Gasteiger partial charge is 0.343 e. The van der Waals surface area contributed by atoms with Gasteiger partial charge in [-0.15, -0.1) is 24.8 Å². The van der Waals surface area contributed by atoms with Gasteiger partial charge in [-0.05, 0) is 75.1 Å². The number of nitrogens with two attached hydrogens (primary N) is 1. The van der Waals surface area contributed by atoms with Gasteiger partial charge in [0.1, 0.15) is 17.9 Å². The normalized spacial score (nSPS) is 14.9. The first-order valence-corrected chi connectivity index (χ1v) is 14.5. The molecule has 0 saturated carbocycles. The van der Waals surface area contributed by atoms with Crippen LogP contribution in [0.15, 0.2) is 67.1 Å². The van der Waals surface area contributed by atoms with Crippen LogP contribution in [-0.4, -0.2) is 56.8 Å². The second kappa shape index (κ2) is 16.6. The summed E-state index contributed by atoms with van der Waals surface area (Å²) in [5.74, 6) is -0.580. The molecule has 4 N–H and O–H groups in total. The van der Waals surface area contributed by atoms with Gasteiger partial charge >= 0.3 is 0 Å². The van der Waals surface area contributed by atoms with Crippen LogP contribution in [0.5, 0.6) is 0 Å². The number of imidazole rings is 1. The highest BCUT2D eigenvalue weighted by atomic mass is 35.5. The van der Waals surface area contributed by atoms with Crippen molar-refractivity contribution < 1.29 is 18.8 Å². The number of halogens is 3. The molecule has 12 heteroatoms. The lowest BCUT2D eigenvalue weighted by Gasteiger charge is -2.33. The highest BCUT2D eigenvalue weighted by Gasteiger charge is 2.31. The van der Waals surface area contributed by atoms with Crippen molar-refractivity contribution in [3.8, 4) is 0 Å². The Morgan fingerprint density at radius 3 is 2.30 bits per heavy atom. The zero-order chi connectivity index (χ0) is 30.3. The van der Waals surface area contributed by atoms with Gasteiger partial charge < -0.3 is 25.8 Å². The third-order valence-electron chi connectivity index (χ3n) is 7.67. The van der Waals surface area contributed by atoms with Gasteiger partial charge in [0.25, 0.3) is 0 Å². The summed E-state index contributed by atoms with van der Waals surface area (Å²) < 4.78 is 15.4. The molecule has 9 nitrogen and oxygen atoms in total. The highest BCUT2D eigenvalue weighted by Crippen LogP contribution is 2.26. The summed E-state index contributed by atoms with van der Waals surface area (Å²) in [6.45, 7) is 6.64. The van der Waals surface area contributed by atoms with E-state index in [9.17, 15) is 18.8 Å². The molecule has 3 aromatic rings. The molecule has 240 valence electrons. The average molecular weight is 650 g/mol. The Morgan fingerprint density at radius 1 is 1.05 bits per heavy atom. The lowest BCUT2D eigenvalue weighted by molar-refractivity contribution is -0.135. The lowest BCUT2D eigenvalue weighted by atomic mass is 9.97. The summed E-state index contributed by atoms with van der Waals surface area (Å²) in [4.78, 5) is 46.0. The van der Waals surface area contributed by atoms with Gasteiger partial charge in [-0.2, -0.15) is 0 Å². The Bertz CT molecular complexity index is 1360. The van der Waals surface area contributed by atoms with Gasteiger partial charge in [-0.25, -0.2) is 9.37 Å². The van der Waals surface area contributed by atoms with Crippen molar-refractivity contribution in [3.05, 3.63) is 84.1 Å². The third kappa shape index (κ3) is 10.0. The first-order chi connectivity index (χ1) is 20.0. The minimum Gasteiger partial charge on any atom is -0.343 e. The average Bonchev–Trinajstić information content (AvgIpc) is 3.41. The zero-order valence-electron chi connectivity index (χ0n) is 25.4. The summed E-state index contributed by atoms with van der Waals surface area (Å²) in [5, 5.41) is 5.58. The predicted molar refractivity (Wildman–Crippen MR) is 174 cm³/mol. The number of hydrogen-bond donors (Lipinski definition) is 3. The minimum absolute atomic E-state index is 0. The van der Waals surface area contributed by atoms with E-state index >= 15 is 0 Å². The molecule has 1 aliphatic rings. The number of anilines is 1. The number of carbonyl (C=O) groups is 3. The summed E-state index contributed by atoms with van der Waals surface area (Å²) in [7, 11) is 0. The van der Waals surface area contributed by atoms with Crippen molar-refractivity contribution in [2.75, 3.05) is 18.4 Å². The predicted octanol–water partition coefficient (Wildman–Crippen LogP) is 4.90. The Hall–Kier alpha value is -3.47. The number of hydrogen-bond acceptors (Lipinski definition) is 5. The summed E-state index contributed by atoms with van der Waals surface area (Å²) in [6, 6.07) is 14.2. The Morgan fingerprint density at radius 2 is 1.68 bits per heavy atom. The van der Waals surface area contributed by atoms with E-state index in [-0.39, 0.29) is 36.5 Å². The summed E-state index contributed by atoms with van der Waals surface area (Å²) >= 11 is 0. The zero-order valence-corrected chi connectivity index (χ0v) is 27.0. The van der Waals surface area contributed by atoms with Gasteiger partial charge in [0.2, 0.25) is 17.7 Å². The Labute approximate surface area is 271 Å². The number of amides is 3. The maximum atomic E-state index is 13.7. The van der Waals surface area contributed by atoms with Crippen molar-refractivity contribution in [2.24, 2.45) is 11.7 Å². The number of carbonyl (C=O) groups excluding carboxylic acids is 3. The fourth-order valence-corrected chi connectivity index (χ4v) is 5.01. The third-order valence-corrected chi connectivity index (χ3v) is 7.67. The topological polar surface area (TPSA) is 122 Å². The number of benzene rings is 2. The van der Waals surface area contributed by atoms with E-state index in [1.807, 2.05) is 35.2 Å². The molecule has 2 atom stereocenters. The molecule has 2 aromatic carbocycles. The van der Waals surface area contributed by atoms with Crippen LogP contribution in [0.2, 0.25) is 0 Å². The van der Waals surface area contributed by atoms with Crippen LogP contribution in [0.4, 0.5) is 10.2 Å². The van der Waals surface area contributed by atoms with Crippen LogP contribution in [-0.2, 0) is 20.8 Å². The number of rotatable bonds is 11. The van der Waals surface area contributed by atoms with E-state index in [1.54, 1.807) is 36.7 Å². The van der Waals surface area contributed by atoms with Crippen LogP contribution >= 0.6 is 24.8 Å². The molecule has 1 saturated heterocycles. The minimum atomic E-state index is -1.16. The van der Waals surface area contributed by atoms with E-state index in [4.69, 9.17) is 5.73 Å². The van der Waals surface area contributed by atoms with Gasteiger partial charge in [0, 0.05) is 19.3 Å². The van der Waals surface area contributed by atoms with Crippen LogP contribution in [0.3, 0.4) is 0 Å². The molecule has 1 fully saturated rings. The molecule has 3 amide bonds. The Balaban J connectivity index is 0.00000337. The number of nitrogens with one attached hydrogen (secondary N) is 2. The van der Waals surface area contributed by atoms with Crippen LogP contribution in [0.25, 0.3) is 0 Å². The van der Waals surface area contributed by atoms with E-state index in [0.717, 1.165) is 24.8 Å². The summed E-state index contributed by atoms with van der Waals surface area (Å²) in [5.41, 5.74) is 6.58. The van der Waals surface area contributed by atoms with E-state index in [2.05, 4.69) is 22.5 Å². The number of nitrogens with zero attached hydrogens (tertiary/aromatic N) is 3. The highest BCUT2D eigenvalue weighted by molar-refractivity contribution is 5.98. The first kappa shape index (κ1) is 36.7. The molecule has 0 spiro atoms. The monoisotopic (exact) mass is 648 g/mol. The maximum absolute atomic E-state index is 13.7. The molecule has 2 heterocycles. The van der Waals surface area contributed by atoms with Crippen molar-refractivity contribution in [2.45, 2.75) is 70.5 Å². The summed E-state index contributed by atoms with van der Waals surface area (Å²) in [6.07, 6.45) is 6.73. The number of aromatic nitrogens is 2. The van der Waals surface area contributed by atoms with Crippen molar-refractivity contribution in [3.63, 3.8) is 0 Å². The number of aryl methyl sites for hydroxylation is 1. The number of likely N-dealkylation sites (tertiary alicyclic amines) is 1. The molecule has 1 unspecified atom stereocenters. The molecule has 4 rings (SSSR count). The van der Waals surface area contributed by atoms with E-state index in [0.29, 0.717) is 37.4 Å². The molecule has 1 aromatic heterocycles. The Kier molecular flexibility index (Phi) is 13.8. The van der Waals surface area contributed by atoms with Crippen molar-refractivity contribution >= 4 is 48.4 Å².